The van der Waals surface area contributed by atoms with Crippen molar-refractivity contribution in [2.24, 2.45) is 11.7 Å². The SMILES string of the molecule is CC1OCCC1CN1C2CCC1CC(N)C2. The molecule has 3 saturated heterocycles. The zero-order valence-electron chi connectivity index (χ0n) is 10.3. The molecule has 2 bridgehead atoms. The topological polar surface area (TPSA) is 38.5 Å². The van der Waals surface area contributed by atoms with Crippen LogP contribution >= 0.6 is 0 Å². The van der Waals surface area contributed by atoms with Gasteiger partial charge in [-0.2, -0.15) is 0 Å². The van der Waals surface area contributed by atoms with Crippen LogP contribution in [0.3, 0.4) is 0 Å². The molecule has 4 unspecified atom stereocenters. The van der Waals surface area contributed by atoms with Crippen LogP contribution in [0.4, 0.5) is 0 Å². The Bertz CT molecular complexity index is 244. The first-order chi connectivity index (χ1) is 7.74. The van der Waals surface area contributed by atoms with Crippen molar-refractivity contribution < 1.29 is 4.74 Å². The highest BCUT2D eigenvalue weighted by Crippen LogP contribution is 2.37. The van der Waals surface area contributed by atoms with Crippen molar-refractivity contribution in [3.63, 3.8) is 0 Å². The fraction of sp³-hybridized carbons (Fsp3) is 1.00. The number of hydrogen-bond donors (Lipinski definition) is 1. The first-order valence-electron chi connectivity index (χ1n) is 6.87. The molecule has 3 rings (SSSR count). The molecule has 3 aliphatic heterocycles. The van der Waals surface area contributed by atoms with Crippen LogP contribution in [0.5, 0.6) is 0 Å². The van der Waals surface area contributed by atoms with Crippen molar-refractivity contribution in [3.05, 3.63) is 0 Å². The van der Waals surface area contributed by atoms with Crippen molar-refractivity contribution in [1.82, 2.24) is 4.90 Å². The number of hydrogen-bond acceptors (Lipinski definition) is 3. The van der Waals surface area contributed by atoms with E-state index in [1.165, 1.54) is 38.6 Å². The van der Waals surface area contributed by atoms with E-state index in [0.29, 0.717) is 12.1 Å². The number of nitrogens with two attached hydrogens (primary N) is 1. The predicted octanol–water partition coefficient (Wildman–Crippen LogP) is 1.37. The smallest absolute Gasteiger partial charge is 0.0588 e. The molecule has 4 atom stereocenters. The van der Waals surface area contributed by atoms with Gasteiger partial charge in [-0.15, -0.1) is 0 Å². The molecule has 2 N–H and O–H groups in total. The third kappa shape index (κ3) is 1.89. The minimum absolute atomic E-state index is 0.464. The summed E-state index contributed by atoms with van der Waals surface area (Å²) < 4.78 is 5.67. The molecule has 3 fully saturated rings. The Morgan fingerprint density at radius 3 is 2.44 bits per heavy atom. The average Bonchev–Trinajstić information content (AvgIpc) is 2.73. The van der Waals surface area contributed by atoms with Gasteiger partial charge in [-0.3, -0.25) is 4.90 Å². The molecular weight excluding hydrogens is 200 g/mol. The molecule has 92 valence electrons. The quantitative estimate of drug-likeness (QED) is 0.770. The Kier molecular flexibility index (Phi) is 2.94. The van der Waals surface area contributed by atoms with Gasteiger partial charge >= 0.3 is 0 Å². The highest BCUT2D eigenvalue weighted by Gasteiger charge is 2.41. The molecule has 0 aromatic rings. The first kappa shape index (κ1) is 11.0. The summed E-state index contributed by atoms with van der Waals surface area (Å²) in [7, 11) is 0. The van der Waals surface area contributed by atoms with Gasteiger partial charge in [0.15, 0.2) is 0 Å². The van der Waals surface area contributed by atoms with Crippen molar-refractivity contribution in [3.8, 4) is 0 Å². The molecule has 0 spiro atoms. The van der Waals surface area contributed by atoms with Gasteiger partial charge in [-0.25, -0.2) is 0 Å². The molecule has 3 nitrogen and oxygen atoms in total. The van der Waals surface area contributed by atoms with Crippen molar-refractivity contribution in [2.75, 3.05) is 13.2 Å². The molecule has 0 aromatic carbocycles. The van der Waals surface area contributed by atoms with Gasteiger partial charge < -0.3 is 10.5 Å². The monoisotopic (exact) mass is 224 g/mol. The van der Waals surface area contributed by atoms with Crippen LogP contribution < -0.4 is 5.73 Å². The highest BCUT2D eigenvalue weighted by molar-refractivity contribution is 4.97. The van der Waals surface area contributed by atoms with Crippen LogP contribution in [0.25, 0.3) is 0 Å². The van der Waals surface area contributed by atoms with Crippen LogP contribution in [-0.4, -0.2) is 42.3 Å². The Labute approximate surface area is 98.3 Å². The maximum absolute atomic E-state index is 6.10. The lowest BCUT2D eigenvalue weighted by molar-refractivity contribution is 0.0655. The minimum Gasteiger partial charge on any atom is -0.378 e. The standard InChI is InChI=1S/C13H24N2O/c1-9-10(4-5-16-9)8-15-12-2-3-13(15)7-11(14)6-12/h9-13H,2-8,14H2,1H3. The van der Waals surface area contributed by atoms with Gasteiger partial charge in [0, 0.05) is 31.3 Å². The predicted molar refractivity (Wildman–Crippen MR) is 64.2 cm³/mol. The van der Waals surface area contributed by atoms with E-state index in [0.717, 1.165) is 24.6 Å². The number of rotatable bonds is 2. The summed E-state index contributed by atoms with van der Waals surface area (Å²) in [5.74, 6) is 0.762. The van der Waals surface area contributed by atoms with Crippen LogP contribution in [0.15, 0.2) is 0 Å². The largest absolute Gasteiger partial charge is 0.378 e. The second-order valence-electron chi connectivity index (χ2n) is 5.94. The van der Waals surface area contributed by atoms with Gasteiger partial charge in [-0.1, -0.05) is 0 Å². The van der Waals surface area contributed by atoms with E-state index < -0.39 is 0 Å². The zero-order valence-corrected chi connectivity index (χ0v) is 10.3. The van der Waals surface area contributed by atoms with Crippen molar-refractivity contribution >= 4 is 0 Å². The zero-order chi connectivity index (χ0) is 11.1. The van der Waals surface area contributed by atoms with E-state index in [2.05, 4.69) is 11.8 Å². The van der Waals surface area contributed by atoms with Gasteiger partial charge in [0.05, 0.1) is 6.10 Å². The maximum Gasteiger partial charge on any atom is 0.0588 e. The van der Waals surface area contributed by atoms with E-state index >= 15 is 0 Å². The van der Waals surface area contributed by atoms with E-state index in [9.17, 15) is 0 Å². The summed E-state index contributed by atoms with van der Waals surface area (Å²) in [6.07, 6.45) is 6.91. The van der Waals surface area contributed by atoms with Gasteiger partial charge in [0.25, 0.3) is 0 Å². The molecule has 0 amide bonds. The van der Waals surface area contributed by atoms with E-state index in [-0.39, 0.29) is 0 Å². The second-order valence-corrected chi connectivity index (χ2v) is 5.94. The number of ether oxygens (including phenoxy) is 1. The Balaban J connectivity index is 1.63. The van der Waals surface area contributed by atoms with Crippen LogP contribution in [0.1, 0.15) is 39.0 Å². The summed E-state index contributed by atoms with van der Waals surface area (Å²) in [6, 6.07) is 2.02. The third-order valence-electron chi connectivity index (χ3n) is 4.90. The number of piperidine rings is 1. The number of nitrogens with zero attached hydrogens (tertiary/aromatic N) is 1. The fourth-order valence-corrected chi connectivity index (χ4v) is 3.90. The molecule has 0 aromatic heterocycles. The summed E-state index contributed by atoms with van der Waals surface area (Å²) in [4.78, 5) is 2.75. The average molecular weight is 224 g/mol. The maximum atomic E-state index is 6.10. The molecule has 0 aliphatic carbocycles. The van der Waals surface area contributed by atoms with Gasteiger partial charge in [-0.05, 0) is 44.9 Å². The van der Waals surface area contributed by atoms with E-state index in [1.807, 2.05) is 0 Å². The fourth-order valence-electron chi connectivity index (χ4n) is 3.90. The third-order valence-corrected chi connectivity index (χ3v) is 4.90. The van der Waals surface area contributed by atoms with Crippen molar-refractivity contribution in [2.45, 2.75) is 63.3 Å². The van der Waals surface area contributed by atoms with E-state index in [4.69, 9.17) is 10.5 Å². The molecule has 0 saturated carbocycles. The lowest BCUT2D eigenvalue weighted by Gasteiger charge is -2.39. The molecule has 3 aliphatic rings. The molecular formula is C13H24N2O. The molecule has 16 heavy (non-hydrogen) atoms. The van der Waals surface area contributed by atoms with Gasteiger partial charge in [0.1, 0.15) is 0 Å². The minimum atomic E-state index is 0.464. The Morgan fingerprint density at radius 1 is 1.19 bits per heavy atom. The summed E-state index contributed by atoms with van der Waals surface area (Å²) >= 11 is 0. The summed E-state index contributed by atoms with van der Waals surface area (Å²) in [5.41, 5.74) is 6.10. The summed E-state index contributed by atoms with van der Waals surface area (Å²) in [6.45, 7) is 4.45. The normalized spacial score (nSPS) is 48.8. The van der Waals surface area contributed by atoms with Gasteiger partial charge in [0.2, 0.25) is 0 Å². The van der Waals surface area contributed by atoms with Crippen LogP contribution in [-0.2, 0) is 4.74 Å². The molecule has 3 heterocycles. The first-order valence-corrected chi connectivity index (χ1v) is 6.87. The molecule has 3 heteroatoms. The Morgan fingerprint density at radius 2 is 1.88 bits per heavy atom. The lowest BCUT2D eigenvalue weighted by Crippen LogP contribution is -2.49. The van der Waals surface area contributed by atoms with Crippen LogP contribution in [0.2, 0.25) is 0 Å². The number of fused-ring (bicyclic) bond motifs is 2. The second kappa shape index (κ2) is 4.28. The molecule has 0 radical (unpaired) electrons. The lowest BCUT2D eigenvalue weighted by atomic mass is 9.94. The van der Waals surface area contributed by atoms with Crippen molar-refractivity contribution in [1.29, 1.82) is 0 Å². The van der Waals surface area contributed by atoms with E-state index in [1.54, 1.807) is 0 Å². The Hall–Kier alpha value is -0.120. The highest BCUT2D eigenvalue weighted by atomic mass is 16.5. The van der Waals surface area contributed by atoms with Crippen LogP contribution in [0, 0.1) is 5.92 Å². The summed E-state index contributed by atoms with van der Waals surface area (Å²) in [5, 5.41) is 0.